The summed E-state index contributed by atoms with van der Waals surface area (Å²) in [7, 11) is 0. The molecule has 0 heterocycles. The number of hydrogen-bond acceptors (Lipinski definition) is 2. The van der Waals surface area contributed by atoms with Crippen molar-refractivity contribution in [1.82, 2.24) is 0 Å². The van der Waals surface area contributed by atoms with Crippen molar-refractivity contribution in [2.24, 2.45) is 5.41 Å². The van der Waals surface area contributed by atoms with Gasteiger partial charge < -0.3 is 10.2 Å². The molecule has 2 unspecified atom stereocenters. The zero-order valence-electron chi connectivity index (χ0n) is 10.9. The Morgan fingerprint density at radius 1 is 1.18 bits per heavy atom. The van der Waals surface area contributed by atoms with Gasteiger partial charge in [-0.15, -0.1) is 0 Å². The lowest BCUT2D eigenvalue weighted by atomic mass is 9.84. The van der Waals surface area contributed by atoms with Crippen LogP contribution in [0, 0.1) is 5.41 Å². The van der Waals surface area contributed by atoms with Crippen LogP contribution in [0.15, 0.2) is 36.5 Å². The molecule has 1 rings (SSSR count). The van der Waals surface area contributed by atoms with Crippen LogP contribution < -0.4 is 0 Å². The zero-order chi connectivity index (χ0) is 13.1. The van der Waals surface area contributed by atoms with E-state index in [1.807, 2.05) is 6.08 Å². The third-order valence-electron chi connectivity index (χ3n) is 3.35. The molecule has 17 heavy (non-hydrogen) atoms. The summed E-state index contributed by atoms with van der Waals surface area (Å²) in [6.45, 7) is 12.0. The summed E-state index contributed by atoms with van der Waals surface area (Å²) in [6.07, 6.45) is 5.76. The molecule has 96 valence electrons. The summed E-state index contributed by atoms with van der Waals surface area (Å²) < 4.78 is 0. The molecule has 2 atom stereocenters. The van der Waals surface area contributed by atoms with E-state index >= 15 is 0 Å². The van der Waals surface area contributed by atoms with Gasteiger partial charge in [0.25, 0.3) is 0 Å². The number of aliphatic hydroxyl groups excluding tert-OH is 2. The second-order valence-corrected chi connectivity index (χ2v) is 5.69. The number of allylic oxidation sites excluding steroid dienone is 2. The molecule has 0 spiro atoms. The molecule has 0 bridgehead atoms. The predicted molar refractivity (Wildman–Crippen MR) is 71.7 cm³/mol. The highest BCUT2D eigenvalue weighted by Gasteiger charge is 2.22. The van der Waals surface area contributed by atoms with Gasteiger partial charge in [-0.05, 0) is 42.2 Å². The quantitative estimate of drug-likeness (QED) is 0.635. The van der Waals surface area contributed by atoms with Crippen LogP contribution >= 0.6 is 0 Å². The molecule has 0 aromatic rings. The largest absolute Gasteiger partial charge is 0.389 e. The van der Waals surface area contributed by atoms with Crippen LogP contribution in [0.5, 0.6) is 0 Å². The maximum atomic E-state index is 10.0. The fourth-order valence-corrected chi connectivity index (χ4v) is 2.07. The minimum atomic E-state index is -0.496. The molecule has 0 saturated heterocycles. The van der Waals surface area contributed by atoms with Gasteiger partial charge in [-0.1, -0.05) is 39.2 Å². The monoisotopic (exact) mass is 236 g/mol. The average Bonchev–Trinajstić information content (AvgIpc) is 2.23. The van der Waals surface area contributed by atoms with E-state index in [-0.39, 0.29) is 5.41 Å². The van der Waals surface area contributed by atoms with Crippen LogP contribution in [0.2, 0.25) is 0 Å². The lowest BCUT2D eigenvalue weighted by Gasteiger charge is -2.25. The minimum Gasteiger partial charge on any atom is -0.389 e. The fraction of sp³-hybridized carbons (Fsp3) is 0.600. The van der Waals surface area contributed by atoms with Gasteiger partial charge in [0.1, 0.15) is 0 Å². The standard InChI is InChI=1S/C15H24O2/c1-11-6-5-9-15(3,4)10-14(17)12(2)7-8-13(11)16/h5,9,13-14,16-17H,1-2,6-8,10H2,3-4H3. The van der Waals surface area contributed by atoms with Crippen molar-refractivity contribution in [1.29, 1.82) is 0 Å². The van der Waals surface area contributed by atoms with Crippen LogP contribution in [0.3, 0.4) is 0 Å². The third-order valence-corrected chi connectivity index (χ3v) is 3.35. The third kappa shape index (κ3) is 4.49. The van der Waals surface area contributed by atoms with E-state index < -0.39 is 12.2 Å². The van der Waals surface area contributed by atoms with Gasteiger partial charge in [0.15, 0.2) is 0 Å². The Bertz CT molecular complexity index is 326. The summed E-state index contributed by atoms with van der Waals surface area (Å²) in [5.41, 5.74) is 1.58. The Kier molecular flexibility index (Phi) is 4.72. The van der Waals surface area contributed by atoms with Crippen molar-refractivity contribution in [3.8, 4) is 0 Å². The highest BCUT2D eigenvalue weighted by molar-refractivity contribution is 5.14. The van der Waals surface area contributed by atoms with Crippen LogP contribution in [-0.2, 0) is 0 Å². The van der Waals surface area contributed by atoms with Gasteiger partial charge >= 0.3 is 0 Å². The van der Waals surface area contributed by atoms with Gasteiger partial charge in [-0.25, -0.2) is 0 Å². The van der Waals surface area contributed by atoms with Gasteiger partial charge in [0.05, 0.1) is 12.2 Å². The van der Waals surface area contributed by atoms with Gasteiger partial charge in [0, 0.05) is 0 Å². The van der Waals surface area contributed by atoms with Crippen molar-refractivity contribution in [3.63, 3.8) is 0 Å². The number of rotatable bonds is 0. The lowest BCUT2D eigenvalue weighted by Crippen LogP contribution is -2.20. The van der Waals surface area contributed by atoms with Crippen LogP contribution in [0.25, 0.3) is 0 Å². The molecule has 0 fully saturated rings. The molecule has 0 amide bonds. The SMILES string of the molecule is C=C1CC=CC(C)(C)CC(O)C(=C)CCC1O. The second kappa shape index (κ2) is 5.65. The van der Waals surface area contributed by atoms with Gasteiger partial charge in [0.2, 0.25) is 0 Å². The highest BCUT2D eigenvalue weighted by atomic mass is 16.3. The summed E-state index contributed by atoms with van der Waals surface area (Å²) >= 11 is 0. The minimum absolute atomic E-state index is 0.0576. The summed E-state index contributed by atoms with van der Waals surface area (Å²) in [5, 5.41) is 19.9. The summed E-state index contributed by atoms with van der Waals surface area (Å²) in [4.78, 5) is 0. The van der Waals surface area contributed by atoms with Crippen molar-refractivity contribution in [2.75, 3.05) is 0 Å². The topological polar surface area (TPSA) is 40.5 Å². The molecule has 0 aromatic heterocycles. The molecule has 0 aromatic carbocycles. The first-order valence-corrected chi connectivity index (χ1v) is 6.21. The van der Waals surface area contributed by atoms with E-state index in [9.17, 15) is 10.2 Å². The average molecular weight is 236 g/mol. The number of aliphatic hydroxyl groups is 2. The lowest BCUT2D eigenvalue weighted by molar-refractivity contribution is 0.154. The van der Waals surface area contributed by atoms with E-state index in [0.717, 1.165) is 11.1 Å². The van der Waals surface area contributed by atoms with Crippen molar-refractivity contribution in [3.05, 3.63) is 36.5 Å². The van der Waals surface area contributed by atoms with E-state index in [2.05, 4.69) is 33.1 Å². The predicted octanol–water partition coefficient (Wildman–Crippen LogP) is 2.98. The first-order chi connectivity index (χ1) is 7.82. The van der Waals surface area contributed by atoms with Crippen molar-refractivity contribution < 1.29 is 10.2 Å². The van der Waals surface area contributed by atoms with Gasteiger partial charge in [-0.2, -0.15) is 0 Å². The molecule has 1 aliphatic carbocycles. The number of hydrogen-bond donors (Lipinski definition) is 2. The van der Waals surface area contributed by atoms with Crippen LogP contribution in [-0.4, -0.2) is 22.4 Å². The Labute approximate surface area is 104 Å². The first-order valence-electron chi connectivity index (χ1n) is 6.21. The Morgan fingerprint density at radius 2 is 1.82 bits per heavy atom. The molecule has 0 saturated carbocycles. The molecule has 0 aliphatic heterocycles. The van der Waals surface area contributed by atoms with E-state index in [1.54, 1.807) is 0 Å². The second-order valence-electron chi connectivity index (χ2n) is 5.69. The molecular formula is C15H24O2. The Morgan fingerprint density at radius 3 is 2.47 bits per heavy atom. The molecule has 0 radical (unpaired) electrons. The summed E-state index contributed by atoms with van der Waals surface area (Å²) in [6, 6.07) is 0. The zero-order valence-corrected chi connectivity index (χ0v) is 10.9. The fourth-order valence-electron chi connectivity index (χ4n) is 2.07. The Hall–Kier alpha value is -0.860. The van der Waals surface area contributed by atoms with Crippen molar-refractivity contribution in [2.45, 2.75) is 51.7 Å². The maximum Gasteiger partial charge on any atom is 0.0755 e. The van der Waals surface area contributed by atoms with E-state index in [1.165, 1.54) is 0 Å². The van der Waals surface area contributed by atoms with Gasteiger partial charge in [-0.3, -0.25) is 0 Å². The van der Waals surface area contributed by atoms with E-state index in [4.69, 9.17) is 0 Å². The first kappa shape index (κ1) is 14.2. The van der Waals surface area contributed by atoms with Crippen LogP contribution in [0.4, 0.5) is 0 Å². The summed E-state index contributed by atoms with van der Waals surface area (Å²) in [5.74, 6) is 0. The van der Waals surface area contributed by atoms with Crippen LogP contribution in [0.1, 0.15) is 39.5 Å². The molecule has 2 N–H and O–H groups in total. The highest BCUT2D eigenvalue weighted by Crippen LogP contribution is 2.29. The molecule has 1 aliphatic rings. The smallest absolute Gasteiger partial charge is 0.0755 e. The molecule has 2 nitrogen and oxygen atoms in total. The van der Waals surface area contributed by atoms with Crippen molar-refractivity contribution >= 4 is 0 Å². The van der Waals surface area contributed by atoms with E-state index in [0.29, 0.717) is 25.7 Å². The normalized spacial score (nSPS) is 31.1. The molecular weight excluding hydrogens is 212 g/mol. The molecule has 2 heteroatoms. The Balaban J connectivity index is 2.84. The maximum absolute atomic E-state index is 10.0.